The smallest absolute Gasteiger partial charge is 0.0208 e. The molecule has 1 spiro atoms. The van der Waals surface area contributed by atoms with Crippen molar-refractivity contribution in [2.24, 2.45) is 5.92 Å². The van der Waals surface area contributed by atoms with Crippen molar-refractivity contribution in [1.82, 2.24) is 5.32 Å². The van der Waals surface area contributed by atoms with Gasteiger partial charge in [0.05, 0.1) is 0 Å². The Labute approximate surface area is 64.2 Å². The molecule has 1 saturated carbocycles. The van der Waals surface area contributed by atoms with Gasteiger partial charge < -0.3 is 5.32 Å². The molecule has 0 radical (unpaired) electrons. The Kier molecular flexibility index (Phi) is 2.35. The van der Waals surface area contributed by atoms with Crippen LogP contribution in [0.1, 0.15) is 40.0 Å². The third-order valence-electron chi connectivity index (χ3n) is 2.79. The molecule has 2 rings (SSSR count). The maximum Gasteiger partial charge on any atom is 0.0208 e. The first-order valence-electron chi connectivity index (χ1n) is 4.58. The van der Waals surface area contributed by atoms with Crippen molar-refractivity contribution in [2.45, 2.75) is 45.6 Å². The monoisotopic (exact) mass is 141 g/mol. The SMILES string of the molecule is CC.CC1CCNC12CC2. The summed E-state index contributed by atoms with van der Waals surface area (Å²) in [6, 6.07) is 0. The van der Waals surface area contributed by atoms with Crippen molar-refractivity contribution in [2.75, 3.05) is 6.54 Å². The Bertz CT molecular complexity index is 105. The molecule has 1 unspecified atom stereocenters. The highest BCUT2D eigenvalue weighted by molar-refractivity contribution is 5.08. The molecule has 1 nitrogen and oxygen atoms in total. The maximum absolute atomic E-state index is 3.56. The molecule has 0 amide bonds. The highest BCUT2D eigenvalue weighted by Crippen LogP contribution is 2.46. The number of nitrogens with one attached hydrogen (secondary N) is 1. The van der Waals surface area contributed by atoms with E-state index in [4.69, 9.17) is 0 Å². The van der Waals surface area contributed by atoms with Gasteiger partial charge in [0.15, 0.2) is 0 Å². The van der Waals surface area contributed by atoms with Crippen LogP contribution >= 0.6 is 0 Å². The molecule has 0 aromatic heterocycles. The van der Waals surface area contributed by atoms with E-state index in [0.29, 0.717) is 5.54 Å². The molecule has 2 fully saturated rings. The van der Waals surface area contributed by atoms with Gasteiger partial charge in [-0.05, 0) is 31.7 Å². The van der Waals surface area contributed by atoms with Gasteiger partial charge in [0, 0.05) is 5.54 Å². The maximum atomic E-state index is 3.56. The lowest BCUT2D eigenvalue weighted by atomic mass is 10.0. The minimum Gasteiger partial charge on any atom is -0.311 e. The van der Waals surface area contributed by atoms with Crippen LogP contribution in [0.25, 0.3) is 0 Å². The summed E-state index contributed by atoms with van der Waals surface area (Å²) in [6.07, 6.45) is 4.28. The molecule has 0 aromatic carbocycles. The normalized spacial score (nSPS) is 33.3. The Morgan fingerprint density at radius 2 is 1.90 bits per heavy atom. The topological polar surface area (TPSA) is 12.0 Å². The van der Waals surface area contributed by atoms with Crippen molar-refractivity contribution < 1.29 is 0 Å². The fraction of sp³-hybridized carbons (Fsp3) is 1.00. The van der Waals surface area contributed by atoms with Gasteiger partial charge in [-0.25, -0.2) is 0 Å². The van der Waals surface area contributed by atoms with Gasteiger partial charge in [0.25, 0.3) is 0 Å². The van der Waals surface area contributed by atoms with Crippen LogP contribution in [0.5, 0.6) is 0 Å². The molecule has 1 aliphatic carbocycles. The van der Waals surface area contributed by atoms with Crippen LogP contribution < -0.4 is 5.32 Å². The standard InChI is InChI=1S/C7H13N.C2H6/c1-6-2-5-8-7(6)3-4-7;1-2/h6,8H,2-5H2,1H3;1-2H3. The molecular weight excluding hydrogens is 122 g/mol. The minimum atomic E-state index is 0.653. The summed E-state index contributed by atoms with van der Waals surface area (Å²) in [6.45, 7) is 7.63. The lowest BCUT2D eigenvalue weighted by Gasteiger charge is -2.10. The van der Waals surface area contributed by atoms with Crippen LogP contribution in [-0.4, -0.2) is 12.1 Å². The van der Waals surface area contributed by atoms with E-state index in [-0.39, 0.29) is 0 Å². The first kappa shape index (κ1) is 8.06. The first-order valence-corrected chi connectivity index (χ1v) is 4.58. The van der Waals surface area contributed by atoms with Crippen LogP contribution in [0.4, 0.5) is 0 Å². The van der Waals surface area contributed by atoms with Crippen molar-refractivity contribution >= 4 is 0 Å². The summed E-state index contributed by atoms with van der Waals surface area (Å²) in [4.78, 5) is 0. The fourth-order valence-electron chi connectivity index (χ4n) is 1.79. The lowest BCUT2D eigenvalue weighted by molar-refractivity contribution is 0.466. The van der Waals surface area contributed by atoms with E-state index in [1.54, 1.807) is 0 Å². The molecule has 2 aliphatic rings. The predicted molar refractivity (Wildman–Crippen MR) is 45.1 cm³/mol. The molecule has 10 heavy (non-hydrogen) atoms. The van der Waals surface area contributed by atoms with Gasteiger partial charge in [-0.1, -0.05) is 20.8 Å². The number of rotatable bonds is 0. The van der Waals surface area contributed by atoms with Gasteiger partial charge >= 0.3 is 0 Å². The molecule has 1 aliphatic heterocycles. The molecule has 1 N–H and O–H groups in total. The van der Waals surface area contributed by atoms with Crippen LogP contribution in [0.15, 0.2) is 0 Å². The Hall–Kier alpha value is -0.0400. The molecule has 1 saturated heterocycles. The summed E-state index contributed by atoms with van der Waals surface area (Å²) in [5, 5.41) is 3.56. The largest absolute Gasteiger partial charge is 0.311 e. The summed E-state index contributed by atoms with van der Waals surface area (Å²) >= 11 is 0. The summed E-state index contributed by atoms with van der Waals surface area (Å²) in [5.74, 6) is 0.961. The van der Waals surface area contributed by atoms with E-state index in [9.17, 15) is 0 Å². The predicted octanol–water partition coefficient (Wildman–Crippen LogP) is 2.17. The molecule has 1 heteroatoms. The second kappa shape index (κ2) is 2.91. The van der Waals surface area contributed by atoms with E-state index in [1.165, 1.54) is 25.8 Å². The van der Waals surface area contributed by atoms with Gasteiger partial charge in [-0.2, -0.15) is 0 Å². The summed E-state index contributed by atoms with van der Waals surface area (Å²) < 4.78 is 0. The summed E-state index contributed by atoms with van der Waals surface area (Å²) in [7, 11) is 0. The zero-order chi connectivity index (χ0) is 7.61. The van der Waals surface area contributed by atoms with Crippen molar-refractivity contribution in [3.05, 3.63) is 0 Å². The van der Waals surface area contributed by atoms with E-state index < -0.39 is 0 Å². The van der Waals surface area contributed by atoms with Gasteiger partial charge in [0.1, 0.15) is 0 Å². The second-order valence-electron chi connectivity index (χ2n) is 3.27. The Morgan fingerprint density at radius 1 is 1.30 bits per heavy atom. The molecular formula is C9H19N. The van der Waals surface area contributed by atoms with Gasteiger partial charge in [-0.3, -0.25) is 0 Å². The van der Waals surface area contributed by atoms with Crippen molar-refractivity contribution in [3.8, 4) is 0 Å². The average Bonchev–Trinajstić information content (AvgIpc) is 2.65. The second-order valence-corrected chi connectivity index (χ2v) is 3.27. The van der Waals surface area contributed by atoms with Crippen molar-refractivity contribution in [3.63, 3.8) is 0 Å². The molecule has 0 aromatic rings. The Morgan fingerprint density at radius 3 is 2.10 bits per heavy atom. The average molecular weight is 141 g/mol. The van der Waals surface area contributed by atoms with Crippen LogP contribution in [0.2, 0.25) is 0 Å². The van der Waals surface area contributed by atoms with E-state index in [0.717, 1.165) is 5.92 Å². The highest BCUT2D eigenvalue weighted by Gasteiger charge is 2.49. The van der Waals surface area contributed by atoms with Gasteiger partial charge in [0.2, 0.25) is 0 Å². The molecule has 0 bridgehead atoms. The third kappa shape index (κ3) is 1.20. The third-order valence-corrected chi connectivity index (χ3v) is 2.79. The Balaban J connectivity index is 0.000000231. The zero-order valence-electron chi connectivity index (χ0n) is 7.41. The van der Waals surface area contributed by atoms with E-state index in [1.807, 2.05) is 13.8 Å². The molecule has 60 valence electrons. The van der Waals surface area contributed by atoms with Crippen LogP contribution in [0.3, 0.4) is 0 Å². The molecule has 1 heterocycles. The minimum absolute atomic E-state index is 0.653. The zero-order valence-corrected chi connectivity index (χ0v) is 7.41. The lowest BCUT2D eigenvalue weighted by Crippen LogP contribution is -2.27. The molecule has 1 atom stereocenters. The van der Waals surface area contributed by atoms with Crippen LogP contribution in [0, 0.1) is 5.92 Å². The van der Waals surface area contributed by atoms with E-state index in [2.05, 4.69) is 12.2 Å². The fourth-order valence-corrected chi connectivity index (χ4v) is 1.79. The quantitative estimate of drug-likeness (QED) is 0.545. The summed E-state index contributed by atoms with van der Waals surface area (Å²) in [5.41, 5.74) is 0.653. The van der Waals surface area contributed by atoms with E-state index >= 15 is 0 Å². The van der Waals surface area contributed by atoms with Crippen molar-refractivity contribution in [1.29, 1.82) is 0 Å². The van der Waals surface area contributed by atoms with Gasteiger partial charge in [-0.15, -0.1) is 0 Å². The first-order chi connectivity index (χ1) is 4.83. The number of hydrogen-bond acceptors (Lipinski definition) is 1. The number of hydrogen-bond donors (Lipinski definition) is 1. The van der Waals surface area contributed by atoms with Crippen LogP contribution in [-0.2, 0) is 0 Å². The highest BCUT2D eigenvalue weighted by atomic mass is 15.1.